The van der Waals surface area contributed by atoms with E-state index in [0.717, 1.165) is 13.1 Å². The molecule has 0 aromatic rings. The van der Waals surface area contributed by atoms with Gasteiger partial charge >= 0.3 is 16.5 Å². The normalized spacial score (nSPS) is 16.5. The van der Waals surface area contributed by atoms with Crippen LogP contribution < -0.4 is 24.8 Å². The summed E-state index contributed by atoms with van der Waals surface area (Å²) in [7, 11) is 0. The fourth-order valence-corrected chi connectivity index (χ4v) is 1.30. The van der Waals surface area contributed by atoms with E-state index in [1.54, 1.807) is 0 Å². The van der Waals surface area contributed by atoms with Crippen molar-refractivity contribution < 1.29 is 41.3 Å². The number of hydrogen-bond acceptors (Lipinski definition) is 2. The molecule has 0 N–H and O–H groups in total. The van der Waals surface area contributed by atoms with Crippen molar-refractivity contribution >= 4 is 0 Å². The summed E-state index contributed by atoms with van der Waals surface area (Å²) in [6.07, 6.45) is 16.7. The maximum atomic E-state index is 2.18. The number of hydrazine groups is 1. The Balaban J connectivity index is 0. The van der Waals surface area contributed by atoms with Gasteiger partial charge in [0.25, 0.3) is 0 Å². The van der Waals surface area contributed by atoms with Crippen LogP contribution in [-0.2, 0) is 16.5 Å². The fourth-order valence-electron chi connectivity index (χ4n) is 1.30. The fraction of sp³-hybridized carbons (Fsp3) is 0.200. The number of nitrogens with zero attached hydrogens (tertiary/aromatic N) is 2. The summed E-state index contributed by atoms with van der Waals surface area (Å²) in [6.45, 7) is 1.93. The zero-order chi connectivity index (χ0) is 8.23. The summed E-state index contributed by atoms with van der Waals surface area (Å²) >= 11 is 0. The van der Waals surface area contributed by atoms with Crippen LogP contribution in [0.4, 0.5) is 0 Å². The molecule has 2 aliphatic rings. The van der Waals surface area contributed by atoms with Gasteiger partial charge in [0.15, 0.2) is 0 Å². The zero-order valence-corrected chi connectivity index (χ0v) is 10.5. The molecule has 2 heterocycles. The van der Waals surface area contributed by atoms with Crippen LogP contribution in [-0.4, -0.2) is 23.1 Å². The zero-order valence-electron chi connectivity index (χ0n) is 8.00. The molecular formula is C10H12Cl2N2Ni. The van der Waals surface area contributed by atoms with E-state index in [4.69, 9.17) is 0 Å². The van der Waals surface area contributed by atoms with Gasteiger partial charge in [0.05, 0.1) is 13.1 Å². The van der Waals surface area contributed by atoms with Gasteiger partial charge in [-0.15, -0.1) is 0 Å². The first-order chi connectivity index (χ1) is 5.97. The summed E-state index contributed by atoms with van der Waals surface area (Å²) in [5, 5.41) is 4.36. The van der Waals surface area contributed by atoms with Crippen molar-refractivity contribution in [2.75, 3.05) is 13.1 Å². The Hall–Kier alpha value is -0.366. The molecule has 2 aliphatic heterocycles. The summed E-state index contributed by atoms with van der Waals surface area (Å²) in [4.78, 5) is 0. The average molecular weight is 290 g/mol. The summed E-state index contributed by atoms with van der Waals surface area (Å²) < 4.78 is 0. The topological polar surface area (TPSA) is 6.48 Å². The van der Waals surface area contributed by atoms with E-state index in [0.29, 0.717) is 0 Å². The maximum absolute atomic E-state index is 2.18. The molecule has 2 nitrogen and oxygen atoms in total. The molecule has 0 aromatic heterocycles. The predicted molar refractivity (Wildman–Crippen MR) is 50.0 cm³/mol. The van der Waals surface area contributed by atoms with E-state index in [9.17, 15) is 0 Å². The summed E-state index contributed by atoms with van der Waals surface area (Å²) in [5.74, 6) is 0. The molecule has 0 aliphatic carbocycles. The molecule has 0 radical (unpaired) electrons. The minimum absolute atomic E-state index is 0. The monoisotopic (exact) mass is 288 g/mol. The van der Waals surface area contributed by atoms with Crippen molar-refractivity contribution in [3.8, 4) is 0 Å². The maximum Gasteiger partial charge on any atom is 2.00 e. The van der Waals surface area contributed by atoms with Crippen molar-refractivity contribution in [2.24, 2.45) is 0 Å². The van der Waals surface area contributed by atoms with Gasteiger partial charge in [-0.25, -0.2) is 0 Å². The van der Waals surface area contributed by atoms with Crippen LogP contribution in [0, 0.1) is 0 Å². The molecule has 0 bridgehead atoms. The van der Waals surface area contributed by atoms with E-state index in [2.05, 4.69) is 58.9 Å². The van der Waals surface area contributed by atoms with Gasteiger partial charge in [0.2, 0.25) is 0 Å². The second-order valence-corrected chi connectivity index (χ2v) is 2.78. The van der Waals surface area contributed by atoms with Crippen molar-refractivity contribution in [1.29, 1.82) is 0 Å². The van der Waals surface area contributed by atoms with Crippen LogP contribution in [0.3, 0.4) is 0 Å². The predicted octanol–water partition coefficient (Wildman–Crippen LogP) is -4.32. The Morgan fingerprint density at radius 2 is 1.07 bits per heavy atom. The molecule has 0 atom stereocenters. The first kappa shape index (κ1) is 17.0. The van der Waals surface area contributed by atoms with Gasteiger partial charge in [0.1, 0.15) is 0 Å². The molecule has 2 rings (SSSR count). The third-order valence-electron chi connectivity index (χ3n) is 1.93. The minimum atomic E-state index is 0. The smallest absolute Gasteiger partial charge is 1.00 e. The van der Waals surface area contributed by atoms with Gasteiger partial charge in [0, 0.05) is 12.4 Å². The van der Waals surface area contributed by atoms with E-state index < -0.39 is 0 Å². The second kappa shape index (κ2) is 8.90. The van der Waals surface area contributed by atoms with Crippen molar-refractivity contribution in [2.45, 2.75) is 0 Å². The number of allylic oxidation sites excluding steroid dienone is 4. The Labute approximate surface area is 113 Å². The first-order valence-electron chi connectivity index (χ1n) is 4.17. The van der Waals surface area contributed by atoms with Crippen LogP contribution in [0.1, 0.15) is 0 Å². The molecule has 0 unspecified atom stereocenters. The number of rotatable bonds is 1. The standard InChI is InChI=1S/C10H12N2.2ClH.Ni/c1-3-7-11(8-4-1)12-9-5-2-6-10-12;;;/h1-7,9H,8,10H2;2*1H;/q;;;+2/p-2. The van der Waals surface area contributed by atoms with Crippen LogP contribution in [0.5, 0.6) is 0 Å². The Morgan fingerprint density at radius 1 is 0.667 bits per heavy atom. The number of halogens is 2. The Kier molecular flexibility index (Phi) is 10.1. The molecule has 86 valence electrons. The third-order valence-corrected chi connectivity index (χ3v) is 1.93. The molecule has 5 heteroatoms. The van der Waals surface area contributed by atoms with Gasteiger partial charge < -0.3 is 24.8 Å². The Bertz CT molecular complexity index is 247. The van der Waals surface area contributed by atoms with Gasteiger partial charge in [-0.1, -0.05) is 24.3 Å². The van der Waals surface area contributed by atoms with Crippen LogP contribution in [0.25, 0.3) is 0 Å². The van der Waals surface area contributed by atoms with Gasteiger partial charge in [-0.3, -0.25) is 10.0 Å². The molecule has 0 spiro atoms. The molecule has 0 amide bonds. The average Bonchev–Trinajstić information content (AvgIpc) is 2.21. The van der Waals surface area contributed by atoms with E-state index in [1.165, 1.54) is 0 Å². The molecule has 15 heavy (non-hydrogen) atoms. The molecule has 0 saturated carbocycles. The van der Waals surface area contributed by atoms with Gasteiger partial charge in [-0.05, 0) is 12.2 Å². The molecular weight excluding hydrogens is 278 g/mol. The van der Waals surface area contributed by atoms with Crippen LogP contribution in [0.2, 0.25) is 0 Å². The number of hydrogen-bond donors (Lipinski definition) is 0. The van der Waals surface area contributed by atoms with E-state index >= 15 is 0 Å². The van der Waals surface area contributed by atoms with Crippen molar-refractivity contribution in [3.63, 3.8) is 0 Å². The summed E-state index contributed by atoms with van der Waals surface area (Å²) in [5.41, 5.74) is 0. The van der Waals surface area contributed by atoms with E-state index in [-0.39, 0.29) is 41.3 Å². The Morgan fingerprint density at radius 3 is 1.33 bits per heavy atom. The minimum Gasteiger partial charge on any atom is -1.00 e. The summed E-state index contributed by atoms with van der Waals surface area (Å²) in [6, 6.07) is 0. The molecule has 0 saturated heterocycles. The van der Waals surface area contributed by atoms with Crippen LogP contribution >= 0.6 is 0 Å². The quantitative estimate of drug-likeness (QED) is 0.451. The van der Waals surface area contributed by atoms with E-state index in [1.807, 2.05) is 0 Å². The molecule has 0 aromatic carbocycles. The first-order valence-corrected chi connectivity index (χ1v) is 4.17. The van der Waals surface area contributed by atoms with Crippen molar-refractivity contribution in [3.05, 3.63) is 48.9 Å². The molecule has 0 fully saturated rings. The van der Waals surface area contributed by atoms with Crippen molar-refractivity contribution in [1.82, 2.24) is 10.0 Å². The third kappa shape index (κ3) is 4.79. The van der Waals surface area contributed by atoms with Crippen LogP contribution in [0.15, 0.2) is 48.9 Å². The SMILES string of the molecule is C1=CCN(N2C=CC=CC2)C=C1.[Cl-].[Cl-].[Ni+2]. The van der Waals surface area contributed by atoms with Gasteiger partial charge in [-0.2, -0.15) is 0 Å². The second-order valence-electron chi connectivity index (χ2n) is 2.78. The largest absolute Gasteiger partial charge is 2.00 e.